The minimum absolute atomic E-state index is 0.130. The average Bonchev–Trinajstić information content (AvgIpc) is 2.54. The molecule has 0 bridgehead atoms. The number of aromatic nitrogens is 1. The molecule has 0 aliphatic carbocycles. The zero-order chi connectivity index (χ0) is 15.1. The number of nitrogens with zero attached hydrogens (tertiary/aromatic N) is 1. The van der Waals surface area contributed by atoms with Crippen molar-refractivity contribution in [3.05, 3.63) is 54.4 Å². The third-order valence-electron chi connectivity index (χ3n) is 3.24. The predicted molar refractivity (Wildman–Crippen MR) is 83.5 cm³/mol. The molecule has 0 aliphatic heterocycles. The van der Waals surface area contributed by atoms with E-state index in [0.29, 0.717) is 12.4 Å². The maximum absolute atomic E-state index is 6.22. The standard InChI is InChI=1S/C17H22N2O2/c1-3-13(18)17(14-9-7-8-12-19-14)21-16-11-6-5-10-15(16)20-4-2/h5-13,17H,3-4,18H2,1-2H3. The highest BCUT2D eigenvalue weighted by Gasteiger charge is 2.23. The highest BCUT2D eigenvalue weighted by atomic mass is 16.5. The van der Waals surface area contributed by atoms with Crippen molar-refractivity contribution in [1.29, 1.82) is 0 Å². The smallest absolute Gasteiger partial charge is 0.162 e. The average molecular weight is 286 g/mol. The highest BCUT2D eigenvalue weighted by molar-refractivity contribution is 5.40. The van der Waals surface area contributed by atoms with Gasteiger partial charge in [-0.2, -0.15) is 0 Å². The summed E-state index contributed by atoms with van der Waals surface area (Å²) in [6.07, 6.45) is 2.26. The molecule has 2 rings (SSSR count). The van der Waals surface area contributed by atoms with Gasteiger partial charge in [-0.3, -0.25) is 4.98 Å². The van der Waals surface area contributed by atoms with Gasteiger partial charge in [0.05, 0.1) is 12.3 Å². The van der Waals surface area contributed by atoms with Crippen LogP contribution in [-0.2, 0) is 0 Å². The van der Waals surface area contributed by atoms with Crippen LogP contribution in [-0.4, -0.2) is 17.6 Å². The summed E-state index contributed by atoms with van der Waals surface area (Å²) in [7, 11) is 0. The van der Waals surface area contributed by atoms with E-state index in [0.717, 1.165) is 17.9 Å². The van der Waals surface area contributed by atoms with E-state index < -0.39 is 0 Å². The molecule has 0 amide bonds. The maximum atomic E-state index is 6.22. The molecule has 1 heterocycles. The Hall–Kier alpha value is -2.07. The molecule has 21 heavy (non-hydrogen) atoms. The van der Waals surface area contributed by atoms with E-state index in [-0.39, 0.29) is 12.1 Å². The van der Waals surface area contributed by atoms with E-state index in [2.05, 4.69) is 4.98 Å². The molecule has 2 N–H and O–H groups in total. The van der Waals surface area contributed by atoms with Gasteiger partial charge in [0.1, 0.15) is 0 Å². The summed E-state index contributed by atoms with van der Waals surface area (Å²) < 4.78 is 11.7. The first-order valence-electron chi connectivity index (χ1n) is 7.31. The van der Waals surface area contributed by atoms with Crippen LogP contribution in [0.1, 0.15) is 32.1 Å². The Morgan fingerprint density at radius 1 is 1.05 bits per heavy atom. The summed E-state index contributed by atoms with van der Waals surface area (Å²) in [4.78, 5) is 4.37. The molecular formula is C17H22N2O2. The van der Waals surface area contributed by atoms with Gasteiger partial charge in [-0.05, 0) is 37.6 Å². The second kappa shape index (κ2) is 7.64. The van der Waals surface area contributed by atoms with Crippen molar-refractivity contribution < 1.29 is 9.47 Å². The van der Waals surface area contributed by atoms with Crippen LogP contribution in [0.4, 0.5) is 0 Å². The van der Waals surface area contributed by atoms with Gasteiger partial charge >= 0.3 is 0 Å². The van der Waals surface area contributed by atoms with Crippen LogP contribution >= 0.6 is 0 Å². The third kappa shape index (κ3) is 3.95. The molecule has 0 aliphatic rings. The molecule has 2 unspecified atom stereocenters. The third-order valence-corrected chi connectivity index (χ3v) is 3.24. The summed E-state index contributed by atoms with van der Waals surface area (Å²) in [6, 6.07) is 13.3. The quantitative estimate of drug-likeness (QED) is 0.848. The van der Waals surface area contributed by atoms with Crippen molar-refractivity contribution in [1.82, 2.24) is 4.98 Å². The number of hydrogen-bond donors (Lipinski definition) is 1. The fourth-order valence-corrected chi connectivity index (χ4v) is 2.08. The van der Waals surface area contributed by atoms with Crippen molar-refractivity contribution in [3.8, 4) is 11.5 Å². The summed E-state index contributed by atoms with van der Waals surface area (Å²) in [5.41, 5.74) is 7.05. The Kier molecular flexibility index (Phi) is 5.58. The number of ether oxygens (including phenoxy) is 2. The Balaban J connectivity index is 2.27. The molecule has 4 nitrogen and oxygen atoms in total. The van der Waals surface area contributed by atoms with Crippen molar-refractivity contribution in [2.45, 2.75) is 32.4 Å². The summed E-state index contributed by atoms with van der Waals surface area (Å²) in [5, 5.41) is 0. The van der Waals surface area contributed by atoms with Gasteiger partial charge in [-0.25, -0.2) is 0 Å². The monoisotopic (exact) mass is 286 g/mol. The van der Waals surface area contributed by atoms with E-state index in [9.17, 15) is 0 Å². The predicted octanol–water partition coefficient (Wildman–Crippen LogP) is 3.34. The normalized spacial score (nSPS) is 13.5. The number of pyridine rings is 1. The Morgan fingerprint density at radius 3 is 2.38 bits per heavy atom. The molecule has 1 aromatic heterocycles. The Morgan fingerprint density at radius 2 is 1.76 bits per heavy atom. The zero-order valence-electron chi connectivity index (χ0n) is 12.5. The molecule has 1 aromatic carbocycles. The van der Waals surface area contributed by atoms with Crippen LogP contribution in [0.25, 0.3) is 0 Å². The van der Waals surface area contributed by atoms with E-state index >= 15 is 0 Å². The second-order valence-electron chi connectivity index (χ2n) is 4.74. The van der Waals surface area contributed by atoms with Crippen molar-refractivity contribution in [3.63, 3.8) is 0 Å². The minimum atomic E-state index is -0.294. The van der Waals surface area contributed by atoms with Gasteiger partial charge in [0.15, 0.2) is 17.6 Å². The summed E-state index contributed by atoms with van der Waals surface area (Å²) in [6.45, 7) is 4.58. The summed E-state index contributed by atoms with van der Waals surface area (Å²) in [5.74, 6) is 1.42. The topological polar surface area (TPSA) is 57.4 Å². The lowest BCUT2D eigenvalue weighted by Gasteiger charge is -2.24. The molecule has 0 fully saturated rings. The van der Waals surface area contributed by atoms with Gasteiger partial charge in [-0.15, -0.1) is 0 Å². The molecule has 0 spiro atoms. The molecule has 112 valence electrons. The number of rotatable bonds is 7. The molecule has 0 radical (unpaired) electrons. The lowest BCUT2D eigenvalue weighted by atomic mass is 10.1. The minimum Gasteiger partial charge on any atom is -0.490 e. The van der Waals surface area contributed by atoms with Gasteiger partial charge in [-0.1, -0.05) is 25.1 Å². The van der Waals surface area contributed by atoms with E-state index in [4.69, 9.17) is 15.2 Å². The molecule has 0 saturated carbocycles. The number of benzene rings is 1. The van der Waals surface area contributed by atoms with Gasteiger partial charge < -0.3 is 15.2 Å². The van der Waals surface area contributed by atoms with Crippen molar-refractivity contribution >= 4 is 0 Å². The van der Waals surface area contributed by atoms with E-state index in [1.54, 1.807) is 6.20 Å². The first kappa shape index (κ1) is 15.3. The zero-order valence-corrected chi connectivity index (χ0v) is 12.5. The van der Waals surface area contributed by atoms with Crippen molar-refractivity contribution in [2.24, 2.45) is 5.73 Å². The Bertz CT molecular complexity index is 545. The Labute approximate surface area is 125 Å². The van der Waals surface area contributed by atoms with Crippen LogP contribution in [0.15, 0.2) is 48.7 Å². The first-order chi connectivity index (χ1) is 10.3. The fraction of sp³-hybridized carbons (Fsp3) is 0.353. The van der Waals surface area contributed by atoms with E-state index in [1.165, 1.54) is 0 Å². The fourth-order valence-electron chi connectivity index (χ4n) is 2.08. The summed E-state index contributed by atoms with van der Waals surface area (Å²) >= 11 is 0. The molecular weight excluding hydrogens is 264 g/mol. The molecule has 2 aromatic rings. The van der Waals surface area contributed by atoms with Crippen LogP contribution in [0.2, 0.25) is 0 Å². The van der Waals surface area contributed by atoms with Crippen molar-refractivity contribution in [2.75, 3.05) is 6.61 Å². The second-order valence-corrected chi connectivity index (χ2v) is 4.74. The SMILES string of the molecule is CCOc1ccccc1OC(c1ccccn1)C(N)CC. The van der Waals surface area contributed by atoms with Crippen LogP contribution in [0.5, 0.6) is 11.5 Å². The number of para-hydroxylation sites is 2. The van der Waals surface area contributed by atoms with Gasteiger partial charge in [0.25, 0.3) is 0 Å². The van der Waals surface area contributed by atoms with Gasteiger partial charge in [0, 0.05) is 12.2 Å². The number of nitrogens with two attached hydrogens (primary N) is 1. The lowest BCUT2D eigenvalue weighted by Crippen LogP contribution is -2.32. The van der Waals surface area contributed by atoms with Crippen LogP contribution < -0.4 is 15.2 Å². The van der Waals surface area contributed by atoms with E-state index in [1.807, 2.05) is 56.3 Å². The highest BCUT2D eigenvalue weighted by Crippen LogP contribution is 2.32. The molecule has 0 saturated heterocycles. The largest absolute Gasteiger partial charge is 0.490 e. The first-order valence-corrected chi connectivity index (χ1v) is 7.31. The molecule has 2 atom stereocenters. The lowest BCUT2D eigenvalue weighted by molar-refractivity contribution is 0.158. The maximum Gasteiger partial charge on any atom is 0.162 e. The van der Waals surface area contributed by atoms with Crippen LogP contribution in [0, 0.1) is 0 Å². The molecule has 4 heteroatoms. The number of hydrogen-bond acceptors (Lipinski definition) is 4. The van der Waals surface area contributed by atoms with Gasteiger partial charge in [0.2, 0.25) is 0 Å². The van der Waals surface area contributed by atoms with Crippen LogP contribution in [0.3, 0.4) is 0 Å².